The van der Waals surface area contributed by atoms with Gasteiger partial charge in [-0.2, -0.15) is 0 Å². The van der Waals surface area contributed by atoms with E-state index >= 15 is 0 Å². The largest absolute Gasteiger partial charge is 0.335 e. The van der Waals surface area contributed by atoms with Crippen LogP contribution >= 0.6 is 34.2 Å². The summed E-state index contributed by atoms with van der Waals surface area (Å²) in [6, 6.07) is 15.4. The van der Waals surface area contributed by atoms with Gasteiger partial charge in [-0.25, -0.2) is 0 Å². The standard InChI is InChI=1S/C15H14ClIN2O/c16-12-3-1-11(2-4-12)9-18-10-15(20)19-14-7-5-13(17)6-8-14/h1-8,18H,9-10H2,(H,19,20)/p+1. The van der Waals surface area contributed by atoms with Gasteiger partial charge in [-0.1, -0.05) is 23.7 Å². The molecule has 0 atom stereocenters. The fourth-order valence-electron chi connectivity index (χ4n) is 1.74. The molecule has 0 aliphatic heterocycles. The summed E-state index contributed by atoms with van der Waals surface area (Å²) in [5.41, 5.74) is 1.98. The Morgan fingerprint density at radius 2 is 1.75 bits per heavy atom. The molecule has 3 N–H and O–H groups in total. The fraction of sp³-hybridized carbons (Fsp3) is 0.133. The number of halogens is 2. The lowest BCUT2D eigenvalue weighted by Gasteiger charge is -2.05. The van der Waals surface area contributed by atoms with Crippen molar-refractivity contribution in [3.05, 3.63) is 62.7 Å². The highest BCUT2D eigenvalue weighted by atomic mass is 127. The second-order valence-corrected chi connectivity index (χ2v) is 6.06. The van der Waals surface area contributed by atoms with Gasteiger partial charge in [0.2, 0.25) is 0 Å². The highest BCUT2D eigenvalue weighted by Gasteiger charge is 2.04. The van der Waals surface area contributed by atoms with E-state index in [9.17, 15) is 4.79 Å². The number of benzene rings is 2. The van der Waals surface area contributed by atoms with E-state index in [4.69, 9.17) is 11.6 Å². The fourth-order valence-corrected chi connectivity index (χ4v) is 2.22. The molecule has 0 unspecified atom stereocenters. The lowest BCUT2D eigenvalue weighted by Crippen LogP contribution is -2.84. The van der Waals surface area contributed by atoms with E-state index in [1.54, 1.807) is 0 Å². The summed E-state index contributed by atoms with van der Waals surface area (Å²) in [5.74, 6) is 0.000159. The number of hydrogen-bond donors (Lipinski definition) is 2. The molecule has 0 aromatic heterocycles. The van der Waals surface area contributed by atoms with Gasteiger partial charge in [-0.15, -0.1) is 0 Å². The second kappa shape index (κ2) is 7.61. The molecule has 5 heteroatoms. The van der Waals surface area contributed by atoms with Crippen molar-refractivity contribution in [2.45, 2.75) is 6.54 Å². The number of nitrogens with two attached hydrogens (primary N) is 1. The van der Waals surface area contributed by atoms with Crippen molar-refractivity contribution in [2.75, 3.05) is 11.9 Å². The van der Waals surface area contributed by atoms with Crippen molar-refractivity contribution in [3.63, 3.8) is 0 Å². The summed E-state index contributed by atoms with van der Waals surface area (Å²) in [6.07, 6.45) is 0. The van der Waals surface area contributed by atoms with Crippen molar-refractivity contribution < 1.29 is 10.1 Å². The first-order valence-electron chi connectivity index (χ1n) is 6.25. The van der Waals surface area contributed by atoms with Crippen LogP contribution in [0.1, 0.15) is 5.56 Å². The third kappa shape index (κ3) is 5.11. The van der Waals surface area contributed by atoms with Gasteiger partial charge in [0.05, 0.1) is 0 Å². The maximum absolute atomic E-state index is 11.8. The molecule has 2 rings (SSSR count). The lowest BCUT2D eigenvalue weighted by molar-refractivity contribution is -0.659. The van der Waals surface area contributed by atoms with Crippen LogP contribution in [0.3, 0.4) is 0 Å². The molecule has 0 fully saturated rings. The Bertz CT molecular complexity index is 569. The molecule has 20 heavy (non-hydrogen) atoms. The second-order valence-electron chi connectivity index (χ2n) is 4.38. The van der Waals surface area contributed by atoms with Crippen LogP contribution in [0.25, 0.3) is 0 Å². The number of anilines is 1. The molecule has 0 heterocycles. The topological polar surface area (TPSA) is 45.7 Å². The van der Waals surface area contributed by atoms with Crippen LogP contribution in [0.15, 0.2) is 48.5 Å². The first kappa shape index (κ1) is 15.3. The zero-order valence-electron chi connectivity index (χ0n) is 10.8. The summed E-state index contributed by atoms with van der Waals surface area (Å²) in [4.78, 5) is 11.8. The molecule has 3 nitrogen and oxygen atoms in total. The van der Waals surface area contributed by atoms with E-state index < -0.39 is 0 Å². The molecule has 0 bridgehead atoms. The van der Waals surface area contributed by atoms with Crippen molar-refractivity contribution in [3.8, 4) is 0 Å². The number of hydrogen-bond acceptors (Lipinski definition) is 1. The Morgan fingerprint density at radius 3 is 2.40 bits per heavy atom. The minimum absolute atomic E-state index is 0.000159. The van der Waals surface area contributed by atoms with E-state index in [0.29, 0.717) is 6.54 Å². The maximum Gasteiger partial charge on any atom is 0.279 e. The molecule has 2 aromatic carbocycles. The molecule has 0 radical (unpaired) electrons. The van der Waals surface area contributed by atoms with Gasteiger partial charge in [0, 0.05) is 19.8 Å². The van der Waals surface area contributed by atoms with Crippen LogP contribution in [0, 0.1) is 3.57 Å². The van der Waals surface area contributed by atoms with Crippen LogP contribution in [-0.4, -0.2) is 12.5 Å². The molecule has 0 spiro atoms. The summed E-state index contributed by atoms with van der Waals surface area (Å²) in [5, 5.41) is 5.56. The van der Waals surface area contributed by atoms with Crippen LogP contribution in [0.5, 0.6) is 0 Å². The average Bonchev–Trinajstić information content (AvgIpc) is 2.44. The van der Waals surface area contributed by atoms with Gasteiger partial charge in [0.25, 0.3) is 5.91 Å². The van der Waals surface area contributed by atoms with Crippen LogP contribution in [0.4, 0.5) is 5.69 Å². The molecular formula is C15H15ClIN2O+. The Hall–Kier alpha value is -1.11. The van der Waals surface area contributed by atoms with Gasteiger partial charge in [-0.05, 0) is 59.0 Å². The van der Waals surface area contributed by atoms with Crippen molar-refractivity contribution in [2.24, 2.45) is 0 Å². The smallest absolute Gasteiger partial charge is 0.279 e. The SMILES string of the molecule is O=C(C[NH2+]Cc1ccc(Cl)cc1)Nc1ccc(I)cc1. The highest BCUT2D eigenvalue weighted by Crippen LogP contribution is 2.10. The summed E-state index contributed by atoms with van der Waals surface area (Å²) in [7, 11) is 0. The number of rotatable bonds is 5. The van der Waals surface area contributed by atoms with E-state index in [2.05, 4.69) is 27.9 Å². The quantitative estimate of drug-likeness (QED) is 0.744. The minimum atomic E-state index is 0.000159. The number of carbonyl (C=O) groups excluding carboxylic acids is 1. The molecule has 2 aromatic rings. The molecule has 1 amide bonds. The molecule has 104 valence electrons. The van der Waals surface area contributed by atoms with E-state index in [1.165, 1.54) is 0 Å². The van der Waals surface area contributed by atoms with Gasteiger partial charge in [0.15, 0.2) is 6.54 Å². The third-order valence-corrected chi connectivity index (χ3v) is 3.72. The Labute approximate surface area is 136 Å². The van der Waals surface area contributed by atoms with Crippen LogP contribution < -0.4 is 10.6 Å². The van der Waals surface area contributed by atoms with Gasteiger partial charge < -0.3 is 10.6 Å². The van der Waals surface area contributed by atoms with E-state index in [-0.39, 0.29) is 5.91 Å². The van der Waals surface area contributed by atoms with E-state index in [1.807, 2.05) is 53.8 Å². The van der Waals surface area contributed by atoms with E-state index in [0.717, 1.165) is 26.4 Å². The zero-order chi connectivity index (χ0) is 14.4. The average molecular weight is 402 g/mol. The predicted molar refractivity (Wildman–Crippen MR) is 89.7 cm³/mol. The predicted octanol–water partition coefficient (Wildman–Crippen LogP) is 2.65. The minimum Gasteiger partial charge on any atom is -0.335 e. The third-order valence-electron chi connectivity index (χ3n) is 2.75. The Balaban J connectivity index is 1.75. The number of nitrogens with one attached hydrogen (secondary N) is 1. The normalized spacial score (nSPS) is 10.3. The van der Waals surface area contributed by atoms with Gasteiger partial charge in [0.1, 0.15) is 6.54 Å². The first-order chi connectivity index (χ1) is 9.63. The van der Waals surface area contributed by atoms with Crippen molar-refractivity contribution >= 4 is 45.8 Å². The maximum atomic E-state index is 11.8. The number of quaternary nitrogens is 1. The first-order valence-corrected chi connectivity index (χ1v) is 7.71. The lowest BCUT2D eigenvalue weighted by atomic mass is 10.2. The number of carbonyl (C=O) groups is 1. The Morgan fingerprint density at radius 1 is 1.10 bits per heavy atom. The van der Waals surface area contributed by atoms with Gasteiger partial charge >= 0.3 is 0 Å². The van der Waals surface area contributed by atoms with Crippen molar-refractivity contribution in [1.82, 2.24) is 0 Å². The zero-order valence-corrected chi connectivity index (χ0v) is 13.7. The van der Waals surface area contributed by atoms with Crippen LogP contribution in [-0.2, 0) is 11.3 Å². The van der Waals surface area contributed by atoms with Crippen LogP contribution in [0.2, 0.25) is 5.02 Å². The summed E-state index contributed by atoms with van der Waals surface area (Å²) >= 11 is 8.06. The Kier molecular flexibility index (Phi) is 5.82. The monoisotopic (exact) mass is 401 g/mol. The highest BCUT2D eigenvalue weighted by molar-refractivity contribution is 14.1. The number of amides is 1. The molecule has 0 aliphatic carbocycles. The molecule has 0 saturated carbocycles. The molecule has 0 aliphatic rings. The summed E-state index contributed by atoms with van der Waals surface area (Å²) in [6.45, 7) is 1.16. The summed E-state index contributed by atoms with van der Waals surface area (Å²) < 4.78 is 1.15. The van der Waals surface area contributed by atoms with Crippen molar-refractivity contribution in [1.29, 1.82) is 0 Å². The molecule has 0 saturated heterocycles. The van der Waals surface area contributed by atoms with Gasteiger partial charge in [-0.3, -0.25) is 4.79 Å². The molecular weight excluding hydrogens is 387 g/mol.